The van der Waals surface area contributed by atoms with Gasteiger partial charge in [0.15, 0.2) is 0 Å². The molecule has 2 heteroatoms. The van der Waals surface area contributed by atoms with Crippen molar-refractivity contribution in [3.63, 3.8) is 0 Å². The Morgan fingerprint density at radius 3 is 2.69 bits per heavy atom. The molecule has 1 rings (SSSR count). The van der Waals surface area contributed by atoms with Gasteiger partial charge in [0, 0.05) is 26.2 Å². The van der Waals surface area contributed by atoms with Crippen LogP contribution in [0.3, 0.4) is 0 Å². The SMILES string of the molecule is C=C(C=CC)C(C)N1CC(OC)C1. The third-order valence-electron chi connectivity index (χ3n) is 2.67. The summed E-state index contributed by atoms with van der Waals surface area (Å²) in [6, 6.07) is 0.447. The highest BCUT2D eigenvalue weighted by Crippen LogP contribution is 2.19. The molecule has 1 heterocycles. The lowest BCUT2D eigenvalue weighted by Crippen LogP contribution is -2.55. The Labute approximate surface area is 80.9 Å². The van der Waals surface area contributed by atoms with E-state index in [0.29, 0.717) is 12.1 Å². The third-order valence-corrected chi connectivity index (χ3v) is 2.67. The lowest BCUT2D eigenvalue weighted by atomic mass is 10.0. The zero-order valence-electron chi connectivity index (χ0n) is 8.79. The van der Waals surface area contributed by atoms with Crippen molar-refractivity contribution in [3.8, 4) is 0 Å². The van der Waals surface area contributed by atoms with E-state index >= 15 is 0 Å². The summed E-state index contributed by atoms with van der Waals surface area (Å²) in [5.74, 6) is 0. The molecule has 0 saturated carbocycles. The van der Waals surface area contributed by atoms with Crippen LogP contribution in [0.25, 0.3) is 0 Å². The van der Waals surface area contributed by atoms with Crippen molar-refractivity contribution >= 4 is 0 Å². The van der Waals surface area contributed by atoms with Crippen LogP contribution in [0.15, 0.2) is 24.3 Å². The lowest BCUT2D eigenvalue weighted by molar-refractivity contribution is -0.0401. The molecule has 1 fully saturated rings. The molecule has 1 unspecified atom stereocenters. The number of likely N-dealkylation sites (tertiary alicyclic amines) is 1. The van der Waals surface area contributed by atoms with Crippen LogP contribution in [0.5, 0.6) is 0 Å². The number of ether oxygens (including phenoxy) is 1. The Bertz CT molecular complexity index is 204. The van der Waals surface area contributed by atoms with Gasteiger partial charge in [0.25, 0.3) is 0 Å². The highest BCUT2D eigenvalue weighted by Gasteiger charge is 2.30. The largest absolute Gasteiger partial charge is 0.379 e. The molecular formula is C11H19NO. The van der Waals surface area contributed by atoms with E-state index in [1.54, 1.807) is 7.11 Å². The molecule has 0 aromatic heterocycles. The first-order valence-electron chi connectivity index (χ1n) is 4.77. The van der Waals surface area contributed by atoms with E-state index in [2.05, 4.69) is 24.5 Å². The van der Waals surface area contributed by atoms with Gasteiger partial charge in [-0.3, -0.25) is 4.90 Å². The number of rotatable bonds is 4. The molecule has 0 amide bonds. The molecule has 0 spiro atoms. The quantitative estimate of drug-likeness (QED) is 0.614. The Morgan fingerprint density at radius 1 is 1.62 bits per heavy atom. The molecule has 0 N–H and O–H groups in total. The molecule has 1 aliphatic heterocycles. The van der Waals surface area contributed by atoms with Crippen LogP contribution in [0.2, 0.25) is 0 Å². The Kier molecular flexibility index (Phi) is 3.70. The van der Waals surface area contributed by atoms with Gasteiger partial charge in [0.1, 0.15) is 0 Å². The van der Waals surface area contributed by atoms with Crippen molar-refractivity contribution in [2.45, 2.75) is 26.0 Å². The second-order valence-electron chi connectivity index (χ2n) is 3.56. The topological polar surface area (TPSA) is 12.5 Å². The van der Waals surface area contributed by atoms with Crippen LogP contribution >= 0.6 is 0 Å². The summed E-state index contributed by atoms with van der Waals surface area (Å²) < 4.78 is 5.22. The summed E-state index contributed by atoms with van der Waals surface area (Å²) in [5.41, 5.74) is 1.18. The van der Waals surface area contributed by atoms with Crippen LogP contribution in [-0.4, -0.2) is 37.2 Å². The molecule has 0 aliphatic carbocycles. The lowest BCUT2D eigenvalue weighted by Gasteiger charge is -2.42. The maximum atomic E-state index is 5.22. The monoisotopic (exact) mass is 181 g/mol. The molecule has 74 valence electrons. The van der Waals surface area contributed by atoms with E-state index < -0.39 is 0 Å². The molecule has 0 aromatic carbocycles. The van der Waals surface area contributed by atoms with Crippen molar-refractivity contribution in [3.05, 3.63) is 24.3 Å². The van der Waals surface area contributed by atoms with Crippen molar-refractivity contribution in [2.75, 3.05) is 20.2 Å². The summed E-state index contributed by atoms with van der Waals surface area (Å²) in [6.45, 7) is 10.3. The zero-order valence-corrected chi connectivity index (χ0v) is 8.79. The Balaban J connectivity index is 2.34. The van der Waals surface area contributed by atoms with Crippen molar-refractivity contribution in [1.82, 2.24) is 4.90 Å². The van der Waals surface area contributed by atoms with Gasteiger partial charge in [-0.15, -0.1) is 0 Å². The van der Waals surface area contributed by atoms with Gasteiger partial charge in [0.2, 0.25) is 0 Å². The Hall–Kier alpha value is -0.600. The fraction of sp³-hybridized carbons (Fsp3) is 0.636. The number of hydrogen-bond donors (Lipinski definition) is 0. The molecule has 1 aliphatic rings. The van der Waals surface area contributed by atoms with Crippen molar-refractivity contribution in [2.24, 2.45) is 0 Å². The average Bonchev–Trinajstić information content (AvgIpc) is 2.02. The molecule has 0 radical (unpaired) electrons. The van der Waals surface area contributed by atoms with Gasteiger partial charge in [-0.2, -0.15) is 0 Å². The fourth-order valence-corrected chi connectivity index (χ4v) is 1.52. The molecule has 2 nitrogen and oxygen atoms in total. The molecule has 1 atom stereocenters. The van der Waals surface area contributed by atoms with Crippen LogP contribution in [0.4, 0.5) is 0 Å². The van der Waals surface area contributed by atoms with Gasteiger partial charge in [-0.1, -0.05) is 18.7 Å². The first-order valence-corrected chi connectivity index (χ1v) is 4.77. The van der Waals surface area contributed by atoms with E-state index in [-0.39, 0.29) is 0 Å². The summed E-state index contributed by atoms with van der Waals surface area (Å²) in [5, 5.41) is 0. The molecule has 0 bridgehead atoms. The smallest absolute Gasteiger partial charge is 0.0825 e. The standard InChI is InChI=1S/C11H19NO/c1-5-6-9(2)10(3)12-7-11(8-12)13-4/h5-6,10-11H,2,7-8H2,1,3-4H3. The Morgan fingerprint density at radius 2 is 2.23 bits per heavy atom. The number of allylic oxidation sites excluding steroid dienone is 1. The molecular weight excluding hydrogens is 162 g/mol. The van der Waals surface area contributed by atoms with Crippen LogP contribution in [0, 0.1) is 0 Å². The van der Waals surface area contributed by atoms with Gasteiger partial charge in [-0.25, -0.2) is 0 Å². The second kappa shape index (κ2) is 4.58. The molecule has 0 aromatic rings. The number of nitrogens with zero attached hydrogens (tertiary/aromatic N) is 1. The van der Waals surface area contributed by atoms with E-state index in [0.717, 1.165) is 13.1 Å². The minimum atomic E-state index is 0.431. The first-order chi connectivity index (χ1) is 6.19. The number of hydrogen-bond acceptors (Lipinski definition) is 2. The van der Waals surface area contributed by atoms with Crippen LogP contribution < -0.4 is 0 Å². The first kappa shape index (κ1) is 10.5. The highest BCUT2D eigenvalue weighted by atomic mass is 16.5. The highest BCUT2D eigenvalue weighted by molar-refractivity contribution is 5.20. The minimum Gasteiger partial charge on any atom is -0.379 e. The van der Waals surface area contributed by atoms with E-state index in [4.69, 9.17) is 4.74 Å². The summed E-state index contributed by atoms with van der Waals surface area (Å²) in [7, 11) is 1.77. The van der Waals surface area contributed by atoms with Crippen LogP contribution in [0.1, 0.15) is 13.8 Å². The maximum Gasteiger partial charge on any atom is 0.0825 e. The number of methoxy groups -OCH3 is 1. The van der Waals surface area contributed by atoms with Gasteiger partial charge < -0.3 is 4.74 Å². The van der Waals surface area contributed by atoms with Crippen molar-refractivity contribution < 1.29 is 4.74 Å². The van der Waals surface area contributed by atoms with Gasteiger partial charge in [0.05, 0.1) is 6.10 Å². The normalized spacial score (nSPS) is 21.8. The summed E-state index contributed by atoms with van der Waals surface area (Å²) >= 11 is 0. The van der Waals surface area contributed by atoms with Crippen molar-refractivity contribution in [1.29, 1.82) is 0 Å². The maximum absolute atomic E-state index is 5.22. The predicted octanol–water partition coefficient (Wildman–Crippen LogP) is 1.84. The van der Waals surface area contributed by atoms with Gasteiger partial charge >= 0.3 is 0 Å². The third kappa shape index (κ3) is 2.42. The van der Waals surface area contributed by atoms with E-state index in [1.807, 2.05) is 13.0 Å². The van der Waals surface area contributed by atoms with E-state index in [9.17, 15) is 0 Å². The average molecular weight is 181 g/mol. The summed E-state index contributed by atoms with van der Waals surface area (Å²) in [6.07, 6.45) is 4.54. The molecule has 13 heavy (non-hydrogen) atoms. The van der Waals surface area contributed by atoms with Gasteiger partial charge in [-0.05, 0) is 19.4 Å². The zero-order chi connectivity index (χ0) is 9.84. The minimum absolute atomic E-state index is 0.431. The van der Waals surface area contributed by atoms with Crippen LogP contribution in [-0.2, 0) is 4.74 Å². The predicted molar refractivity (Wildman–Crippen MR) is 55.8 cm³/mol. The summed E-state index contributed by atoms with van der Waals surface area (Å²) in [4.78, 5) is 2.37. The second-order valence-corrected chi connectivity index (χ2v) is 3.56. The fourth-order valence-electron chi connectivity index (χ4n) is 1.52. The molecule has 1 saturated heterocycles. The van der Waals surface area contributed by atoms with E-state index in [1.165, 1.54) is 5.57 Å².